The number of fused-ring (bicyclic) bond motifs is 1. The van der Waals surface area contributed by atoms with Crippen molar-refractivity contribution in [1.29, 1.82) is 0 Å². The van der Waals surface area contributed by atoms with Crippen LogP contribution in [0.5, 0.6) is 11.5 Å². The minimum Gasteiger partial charge on any atom is -0.493 e. The molecular formula is C14H15Cl2NO2. The van der Waals surface area contributed by atoms with Gasteiger partial charge in [-0.15, -0.1) is 11.6 Å². The van der Waals surface area contributed by atoms with E-state index in [0.717, 1.165) is 16.7 Å². The molecule has 0 spiro atoms. The highest BCUT2D eigenvalue weighted by Crippen LogP contribution is 2.35. The van der Waals surface area contributed by atoms with Crippen molar-refractivity contribution in [2.24, 2.45) is 0 Å². The largest absolute Gasteiger partial charge is 0.493 e. The molecule has 0 saturated heterocycles. The van der Waals surface area contributed by atoms with Crippen LogP contribution in [0.15, 0.2) is 18.2 Å². The number of alkyl halides is 1. The molecule has 1 heterocycles. The smallest absolute Gasteiger partial charge is 0.145 e. The standard InChI is InChI=1S/C14H15Cl2NO2/c1-3-18-11-5-6-12(19-4-2)13-10(11)7-9(8-15)14(16)17-13/h5-7H,3-4,8H2,1-2H3. The third kappa shape index (κ3) is 2.88. The number of aromatic nitrogens is 1. The summed E-state index contributed by atoms with van der Waals surface area (Å²) < 4.78 is 11.2. The third-order valence-corrected chi connectivity index (χ3v) is 3.29. The summed E-state index contributed by atoms with van der Waals surface area (Å²) in [6.07, 6.45) is 0. The summed E-state index contributed by atoms with van der Waals surface area (Å²) in [5, 5.41) is 1.27. The maximum Gasteiger partial charge on any atom is 0.145 e. The van der Waals surface area contributed by atoms with Crippen LogP contribution in [-0.4, -0.2) is 18.2 Å². The lowest BCUT2D eigenvalue weighted by molar-refractivity contribution is 0.336. The van der Waals surface area contributed by atoms with E-state index in [1.54, 1.807) is 0 Å². The summed E-state index contributed by atoms with van der Waals surface area (Å²) in [6, 6.07) is 5.64. The lowest BCUT2D eigenvalue weighted by Gasteiger charge is -2.12. The molecule has 0 saturated carbocycles. The van der Waals surface area contributed by atoms with Crippen LogP contribution in [0.4, 0.5) is 0 Å². The van der Waals surface area contributed by atoms with E-state index in [-0.39, 0.29) is 0 Å². The molecule has 0 amide bonds. The van der Waals surface area contributed by atoms with Gasteiger partial charge in [-0.1, -0.05) is 11.6 Å². The molecule has 19 heavy (non-hydrogen) atoms. The van der Waals surface area contributed by atoms with E-state index in [9.17, 15) is 0 Å². The Morgan fingerprint density at radius 3 is 2.37 bits per heavy atom. The highest BCUT2D eigenvalue weighted by atomic mass is 35.5. The van der Waals surface area contributed by atoms with Crippen molar-refractivity contribution in [3.63, 3.8) is 0 Å². The van der Waals surface area contributed by atoms with Gasteiger partial charge >= 0.3 is 0 Å². The van der Waals surface area contributed by atoms with Gasteiger partial charge in [0, 0.05) is 10.9 Å². The van der Waals surface area contributed by atoms with Gasteiger partial charge in [-0.2, -0.15) is 0 Å². The lowest BCUT2D eigenvalue weighted by atomic mass is 10.1. The van der Waals surface area contributed by atoms with Gasteiger partial charge in [-0.25, -0.2) is 4.98 Å². The molecule has 0 atom stereocenters. The van der Waals surface area contributed by atoms with Crippen molar-refractivity contribution in [3.05, 3.63) is 28.9 Å². The Kier molecular flexibility index (Phi) is 4.72. The van der Waals surface area contributed by atoms with E-state index < -0.39 is 0 Å². The van der Waals surface area contributed by atoms with Gasteiger partial charge in [-0.3, -0.25) is 0 Å². The summed E-state index contributed by atoms with van der Waals surface area (Å²) >= 11 is 12.0. The zero-order chi connectivity index (χ0) is 13.8. The molecule has 0 N–H and O–H groups in total. The van der Waals surface area contributed by atoms with Crippen LogP contribution in [0, 0.1) is 0 Å². The monoisotopic (exact) mass is 299 g/mol. The van der Waals surface area contributed by atoms with E-state index in [1.807, 2.05) is 32.0 Å². The molecule has 1 aromatic carbocycles. The number of nitrogens with zero attached hydrogens (tertiary/aromatic N) is 1. The first-order chi connectivity index (χ1) is 9.21. The lowest BCUT2D eigenvalue weighted by Crippen LogP contribution is -1.98. The zero-order valence-corrected chi connectivity index (χ0v) is 12.4. The number of hydrogen-bond donors (Lipinski definition) is 0. The molecule has 1 aromatic heterocycles. The van der Waals surface area contributed by atoms with E-state index in [4.69, 9.17) is 32.7 Å². The number of benzene rings is 1. The van der Waals surface area contributed by atoms with Gasteiger partial charge in [0.2, 0.25) is 0 Å². The summed E-state index contributed by atoms with van der Waals surface area (Å²) in [5.74, 6) is 1.77. The molecule has 3 nitrogen and oxygen atoms in total. The van der Waals surface area contributed by atoms with Gasteiger partial charge < -0.3 is 9.47 Å². The minimum absolute atomic E-state index is 0.312. The fraction of sp³-hybridized carbons (Fsp3) is 0.357. The average Bonchev–Trinajstić information content (AvgIpc) is 2.41. The Balaban J connectivity index is 2.69. The Morgan fingerprint density at radius 2 is 1.74 bits per heavy atom. The SMILES string of the molecule is CCOc1ccc(OCC)c2nc(Cl)c(CCl)cc12. The third-order valence-electron chi connectivity index (χ3n) is 2.68. The van der Waals surface area contributed by atoms with Crippen molar-refractivity contribution in [1.82, 2.24) is 4.98 Å². The van der Waals surface area contributed by atoms with E-state index in [2.05, 4.69) is 4.98 Å². The van der Waals surface area contributed by atoms with Crippen molar-refractivity contribution < 1.29 is 9.47 Å². The highest BCUT2D eigenvalue weighted by Gasteiger charge is 2.13. The average molecular weight is 300 g/mol. The quantitative estimate of drug-likeness (QED) is 0.605. The number of halogens is 2. The van der Waals surface area contributed by atoms with Crippen LogP contribution in [0.25, 0.3) is 10.9 Å². The van der Waals surface area contributed by atoms with E-state index in [1.165, 1.54) is 0 Å². The van der Waals surface area contributed by atoms with Gasteiger partial charge in [-0.05, 0) is 32.0 Å². The molecule has 5 heteroatoms. The first kappa shape index (κ1) is 14.2. The predicted octanol–water partition coefficient (Wildman–Crippen LogP) is 4.42. The van der Waals surface area contributed by atoms with Crippen LogP contribution in [0.1, 0.15) is 19.4 Å². The molecule has 0 aliphatic rings. The number of hydrogen-bond acceptors (Lipinski definition) is 3. The fourth-order valence-corrected chi connectivity index (χ4v) is 2.35. The normalized spacial score (nSPS) is 10.7. The van der Waals surface area contributed by atoms with Crippen LogP contribution in [0.2, 0.25) is 5.15 Å². The Labute approximate surface area is 122 Å². The van der Waals surface area contributed by atoms with Crippen molar-refractivity contribution in [2.75, 3.05) is 13.2 Å². The molecule has 2 rings (SSSR count). The van der Waals surface area contributed by atoms with Crippen LogP contribution in [-0.2, 0) is 5.88 Å². The number of ether oxygens (including phenoxy) is 2. The maximum atomic E-state index is 6.11. The van der Waals surface area contributed by atoms with Gasteiger partial charge in [0.25, 0.3) is 0 Å². The van der Waals surface area contributed by atoms with Crippen molar-refractivity contribution in [2.45, 2.75) is 19.7 Å². The highest BCUT2D eigenvalue weighted by molar-refractivity contribution is 6.31. The first-order valence-electron chi connectivity index (χ1n) is 6.14. The van der Waals surface area contributed by atoms with Crippen molar-refractivity contribution >= 4 is 34.1 Å². The molecule has 0 aliphatic heterocycles. The zero-order valence-electron chi connectivity index (χ0n) is 10.9. The second kappa shape index (κ2) is 6.31. The second-order valence-electron chi connectivity index (χ2n) is 3.90. The number of rotatable bonds is 5. The molecule has 0 unspecified atom stereocenters. The van der Waals surface area contributed by atoms with E-state index in [0.29, 0.717) is 35.5 Å². The summed E-state index contributed by atoms with van der Waals surface area (Å²) in [6.45, 7) is 5.02. The summed E-state index contributed by atoms with van der Waals surface area (Å²) in [7, 11) is 0. The molecule has 0 radical (unpaired) electrons. The predicted molar refractivity (Wildman–Crippen MR) is 78.6 cm³/mol. The van der Waals surface area contributed by atoms with Gasteiger partial charge in [0.1, 0.15) is 22.2 Å². The molecule has 0 fully saturated rings. The van der Waals surface area contributed by atoms with Crippen LogP contribution < -0.4 is 9.47 Å². The summed E-state index contributed by atoms with van der Waals surface area (Å²) in [5.41, 5.74) is 1.48. The van der Waals surface area contributed by atoms with Crippen LogP contribution >= 0.6 is 23.2 Å². The molecule has 2 aromatic rings. The first-order valence-corrected chi connectivity index (χ1v) is 7.06. The van der Waals surface area contributed by atoms with Gasteiger partial charge in [0.15, 0.2) is 0 Å². The Bertz CT molecular complexity index is 587. The molecule has 102 valence electrons. The minimum atomic E-state index is 0.312. The molecule has 0 aliphatic carbocycles. The Morgan fingerprint density at radius 1 is 1.11 bits per heavy atom. The topological polar surface area (TPSA) is 31.4 Å². The summed E-state index contributed by atoms with van der Waals surface area (Å²) in [4.78, 5) is 4.38. The van der Waals surface area contributed by atoms with Gasteiger partial charge in [0.05, 0.1) is 19.1 Å². The Hall–Kier alpha value is -1.19. The maximum absolute atomic E-state index is 6.11. The molecule has 0 bridgehead atoms. The second-order valence-corrected chi connectivity index (χ2v) is 4.52. The van der Waals surface area contributed by atoms with Crippen LogP contribution in [0.3, 0.4) is 0 Å². The number of pyridine rings is 1. The fourth-order valence-electron chi connectivity index (χ4n) is 1.88. The van der Waals surface area contributed by atoms with E-state index >= 15 is 0 Å². The van der Waals surface area contributed by atoms with Crippen molar-refractivity contribution in [3.8, 4) is 11.5 Å². The molecular weight excluding hydrogens is 285 g/mol.